The van der Waals surface area contributed by atoms with E-state index in [1.54, 1.807) is 13.3 Å². The van der Waals surface area contributed by atoms with Crippen LogP contribution in [-0.2, 0) is 0 Å². The van der Waals surface area contributed by atoms with Crippen LogP contribution in [0.1, 0.15) is 18.6 Å². The molecule has 4 nitrogen and oxygen atoms in total. The van der Waals surface area contributed by atoms with Gasteiger partial charge in [-0.3, -0.25) is 0 Å². The van der Waals surface area contributed by atoms with Gasteiger partial charge < -0.3 is 15.8 Å². The van der Waals surface area contributed by atoms with E-state index in [1.807, 2.05) is 18.2 Å². The van der Waals surface area contributed by atoms with Gasteiger partial charge in [0, 0.05) is 6.04 Å². The first-order chi connectivity index (χ1) is 6.68. The summed E-state index contributed by atoms with van der Waals surface area (Å²) in [6.07, 6.45) is 1.01. The van der Waals surface area contributed by atoms with Crippen molar-refractivity contribution >= 4 is 11.0 Å². The Bertz CT molecular complexity index is 436. The molecule has 0 saturated heterocycles. The summed E-state index contributed by atoms with van der Waals surface area (Å²) in [6.45, 7) is 1.78. The van der Waals surface area contributed by atoms with E-state index in [1.165, 1.54) is 0 Å². The van der Waals surface area contributed by atoms with Gasteiger partial charge in [-0.15, -0.1) is 0 Å². The lowest BCUT2D eigenvalue weighted by Crippen LogP contribution is -2.24. The Kier molecular flexibility index (Phi) is 2.23. The molecule has 2 rings (SSSR count). The molecule has 0 spiro atoms. The lowest BCUT2D eigenvalue weighted by Gasteiger charge is -2.14. The fourth-order valence-corrected chi connectivity index (χ4v) is 1.44. The zero-order valence-corrected chi connectivity index (χ0v) is 7.94. The van der Waals surface area contributed by atoms with Gasteiger partial charge in [-0.2, -0.15) is 0 Å². The average Bonchev–Trinajstić information content (AvgIpc) is 2.62. The van der Waals surface area contributed by atoms with E-state index >= 15 is 0 Å². The van der Waals surface area contributed by atoms with E-state index in [9.17, 15) is 5.11 Å². The van der Waals surface area contributed by atoms with Crippen molar-refractivity contribution in [2.75, 3.05) is 0 Å². The summed E-state index contributed by atoms with van der Waals surface area (Å²) in [7, 11) is 0. The van der Waals surface area contributed by atoms with Crippen LogP contribution in [0.25, 0.3) is 11.0 Å². The second-order valence-corrected chi connectivity index (χ2v) is 3.48. The minimum absolute atomic E-state index is 0.268. The Morgan fingerprint density at radius 3 is 3.00 bits per heavy atom. The quantitative estimate of drug-likeness (QED) is 0.661. The van der Waals surface area contributed by atoms with Gasteiger partial charge in [0.15, 0.2) is 0 Å². The van der Waals surface area contributed by atoms with Crippen LogP contribution < -0.4 is 5.73 Å². The molecule has 2 unspecified atom stereocenters. The van der Waals surface area contributed by atoms with Crippen LogP contribution in [0, 0.1) is 0 Å². The van der Waals surface area contributed by atoms with E-state index in [0.717, 1.165) is 16.6 Å². The van der Waals surface area contributed by atoms with E-state index in [4.69, 9.17) is 5.73 Å². The van der Waals surface area contributed by atoms with E-state index in [-0.39, 0.29) is 6.04 Å². The van der Waals surface area contributed by atoms with Crippen LogP contribution in [-0.4, -0.2) is 21.1 Å². The molecule has 0 radical (unpaired) electrons. The molecule has 1 aromatic heterocycles. The number of aromatic nitrogens is 2. The monoisotopic (exact) mass is 191 g/mol. The zero-order valence-electron chi connectivity index (χ0n) is 7.94. The second kappa shape index (κ2) is 3.40. The summed E-state index contributed by atoms with van der Waals surface area (Å²) in [5.74, 6) is 0. The first kappa shape index (κ1) is 9.18. The molecule has 1 heterocycles. The van der Waals surface area contributed by atoms with Crippen molar-refractivity contribution in [2.45, 2.75) is 19.1 Å². The number of aliphatic hydroxyl groups is 1. The maximum atomic E-state index is 9.74. The third-order valence-corrected chi connectivity index (χ3v) is 2.28. The molecule has 2 aromatic rings. The number of nitrogens with one attached hydrogen (secondary N) is 1. The van der Waals surface area contributed by atoms with Crippen LogP contribution in [0.3, 0.4) is 0 Å². The summed E-state index contributed by atoms with van der Waals surface area (Å²) in [5, 5.41) is 9.74. The predicted molar refractivity (Wildman–Crippen MR) is 54.7 cm³/mol. The van der Waals surface area contributed by atoms with Crippen molar-refractivity contribution < 1.29 is 5.11 Å². The largest absolute Gasteiger partial charge is 0.387 e. The summed E-state index contributed by atoms with van der Waals surface area (Å²) in [5.41, 5.74) is 8.24. The Hall–Kier alpha value is -1.39. The first-order valence-corrected chi connectivity index (χ1v) is 4.55. The average molecular weight is 191 g/mol. The molecule has 0 saturated carbocycles. The number of aromatic amines is 1. The molecule has 0 aliphatic carbocycles. The van der Waals surface area contributed by atoms with Crippen molar-refractivity contribution in [1.82, 2.24) is 9.97 Å². The zero-order chi connectivity index (χ0) is 10.1. The number of aliphatic hydroxyl groups excluding tert-OH is 1. The minimum atomic E-state index is -0.623. The Labute approximate surface area is 81.8 Å². The normalized spacial score (nSPS) is 15.6. The fourth-order valence-electron chi connectivity index (χ4n) is 1.44. The smallest absolute Gasteiger partial charge is 0.0938 e. The number of nitrogens with zero attached hydrogens (tertiary/aromatic N) is 1. The van der Waals surface area contributed by atoms with Crippen molar-refractivity contribution in [2.24, 2.45) is 5.73 Å². The molecule has 4 heteroatoms. The standard InChI is InChI=1S/C10H13N3O/c1-6(11)10(14)7-2-3-8-9(4-7)13-5-12-8/h2-6,10,14H,11H2,1H3,(H,12,13). The minimum Gasteiger partial charge on any atom is -0.387 e. The van der Waals surface area contributed by atoms with E-state index in [0.29, 0.717) is 0 Å². The van der Waals surface area contributed by atoms with Gasteiger partial charge in [-0.25, -0.2) is 4.98 Å². The Morgan fingerprint density at radius 2 is 2.29 bits per heavy atom. The molecule has 74 valence electrons. The highest BCUT2D eigenvalue weighted by Gasteiger charge is 2.12. The van der Waals surface area contributed by atoms with Gasteiger partial charge in [0.05, 0.1) is 23.5 Å². The van der Waals surface area contributed by atoms with Gasteiger partial charge in [-0.1, -0.05) is 6.07 Å². The summed E-state index contributed by atoms with van der Waals surface area (Å²) >= 11 is 0. The fraction of sp³-hybridized carbons (Fsp3) is 0.300. The highest BCUT2D eigenvalue weighted by molar-refractivity contribution is 5.75. The van der Waals surface area contributed by atoms with Crippen LogP contribution in [0.2, 0.25) is 0 Å². The number of fused-ring (bicyclic) bond motifs is 1. The molecule has 0 amide bonds. The van der Waals surface area contributed by atoms with Crippen molar-refractivity contribution in [3.63, 3.8) is 0 Å². The third kappa shape index (κ3) is 1.49. The number of hydrogen-bond acceptors (Lipinski definition) is 3. The lowest BCUT2D eigenvalue weighted by atomic mass is 10.0. The van der Waals surface area contributed by atoms with E-state index < -0.39 is 6.10 Å². The highest BCUT2D eigenvalue weighted by Crippen LogP contribution is 2.19. The van der Waals surface area contributed by atoms with Gasteiger partial charge in [0.1, 0.15) is 0 Å². The van der Waals surface area contributed by atoms with Gasteiger partial charge in [0.2, 0.25) is 0 Å². The molecule has 0 aliphatic heterocycles. The van der Waals surface area contributed by atoms with Crippen molar-refractivity contribution in [3.8, 4) is 0 Å². The van der Waals surface area contributed by atoms with Gasteiger partial charge in [-0.05, 0) is 24.6 Å². The Balaban J connectivity index is 2.43. The molecule has 14 heavy (non-hydrogen) atoms. The second-order valence-electron chi connectivity index (χ2n) is 3.48. The number of H-pyrrole nitrogens is 1. The SMILES string of the molecule is CC(N)C(O)c1ccc2nc[nH]c2c1. The summed E-state index contributed by atoms with van der Waals surface area (Å²) < 4.78 is 0. The van der Waals surface area contributed by atoms with Crippen LogP contribution in [0.15, 0.2) is 24.5 Å². The molecular formula is C10H13N3O. The van der Waals surface area contributed by atoms with Crippen LogP contribution in [0.4, 0.5) is 0 Å². The molecule has 0 fully saturated rings. The molecular weight excluding hydrogens is 178 g/mol. The maximum absolute atomic E-state index is 9.74. The maximum Gasteiger partial charge on any atom is 0.0938 e. The van der Waals surface area contributed by atoms with Crippen molar-refractivity contribution in [1.29, 1.82) is 0 Å². The summed E-state index contributed by atoms with van der Waals surface area (Å²) in [6, 6.07) is 5.32. The van der Waals surface area contributed by atoms with Gasteiger partial charge in [0.25, 0.3) is 0 Å². The Morgan fingerprint density at radius 1 is 1.50 bits per heavy atom. The van der Waals surface area contributed by atoms with E-state index in [2.05, 4.69) is 9.97 Å². The topological polar surface area (TPSA) is 74.9 Å². The number of benzene rings is 1. The highest BCUT2D eigenvalue weighted by atomic mass is 16.3. The molecule has 4 N–H and O–H groups in total. The third-order valence-electron chi connectivity index (χ3n) is 2.28. The van der Waals surface area contributed by atoms with Crippen LogP contribution >= 0.6 is 0 Å². The molecule has 0 aliphatic rings. The van der Waals surface area contributed by atoms with Gasteiger partial charge >= 0.3 is 0 Å². The number of imidazole rings is 1. The first-order valence-electron chi connectivity index (χ1n) is 4.55. The predicted octanol–water partition coefficient (Wildman–Crippen LogP) is 0.944. The number of rotatable bonds is 2. The van der Waals surface area contributed by atoms with Crippen molar-refractivity contribution in [3.05, 3.63) is 30.1 Å². The lowest BCUT2D eigenvalue weighted by molar-refractivity contribution is 0.153. The molecule has 2 atom stereocenters. The molecule has 0 bridgehead atoms. The summed E-state index contributed by atoms with van der Waals surface area (Å²) in [4.78, 5) is 7.09. The number of nitrogens with two attached hydrogens (primary N) is 1. The number of hydrogen-bond donors (Lipinski definition) is 3. The van der Waals surface area contributed by atoms with Crippen LogP contribution in [0.5, 0.6) is 0 Å². The molecule has 1 aromatic carbocycles.